The maximum Gasteiger partial charge on any atom is 0.222 e. The minimum atomic E-state index is -3.35. The molecule has 8 nitrogen and oxygen atoms in total. The highest BCUT2D eigenvalue weighted by molar-refractivity contribution is 7.90. The molecular formula is C15H22N6O2S. The average molecular weight is 350 g/mol. The highest BCUT2D eigenvalue weighted by atomic mass is 32.2. The maximum absolute atomic E-state index is 12.0. The van der Waals surface area contributed by atoms with Gasteiger partial charge in [-0.1, -0.05) is 0 Å². The summed E-state index contributed by atoms with van der Waals surface area (Å²) in [6.07, 6.45) is 8.75. The zero-order chi connectivity index (χ0) is 17.0. The van der Waals surface area contributed by atoms with Crippen molar-refractivity contribution in [3.05, 3.63) is 30.1 Å². The van der Waals surface area contributed by atoms with Crippen molar-refractivity contribution in [2.24, 2.45) is 0 Å². The van der Waals surface area contributed by atoms with Crippen LogP contribution in [0.4, 0.5) is 5.95 Å². The minimum Gasteiger partial charge on any atom is -0.354 e. The summed E-state index contributed by atoms with van der Waals surface area (Å²) < 4.78 is 24.1. The molecule has 0 saturated carbocycles. The smallest absolute Gasteiger partial charge is 0.222 e. The van der Waals surface area contributed by atoms with E-state index in [0.29, 0.717) is 18.2 Å². The lowest BCUT2D eigenvalue weighted by atomic mass is 9.96. The second kappa shape index (κ2) is 7.27. The summed E-state index contributed by atoms with van der Waals surface area (Å²) in [6, 6.07) is 0. The van der Waals surface area contributed by atoms with Crippen molar-refractivity contribution in [3.8, 4) is 0 Å². The number of nitrogens with one attached hydrogen (secondary N) is 3. The van der Waals surface area contributed by atoms with Gasteiger partial charge in [0, 0.05) is 43.6 Å². The largest absolute Gasteiger partial charge is 0.354 e. The van der Waals surface area contributed by atoms with Gasteiger partial charge in [0.05, 0.1) is 18.2 Å². The molecule has 1 saturated heterocycles. The summed E-state index contributed by atoms with van der Waals surface area (Å²) in [6.45, 7) is 2.35. The summed E-state index contributed by atoms with van der Waals surface area (Å²) in [7, 11) is -3.35. The van der Waals surface area contributed by atoms with E-state index in [4.69, 9.17) is 0 Å². The van der Waals surface area contributed by atoms with Gasteiger partial charge < -0.3 is 15.6 Å². The van der Waals surface area contributed by atoms with Gasteiger partial charge >= 0.3 is 0 Å². The summed E-state index contributed by atoms with van der Waals surface area (Å²) in [5, 5.41) is 6.46. The Morgan fingerprint density at radius 1 is 1.38 bits per heavy atom. The first-order chi connectivity index (χ1) is 11.5. The summed E-state index contributed by atoms with van der Waals surface area (Å²) in [4.78, 5) is 15.9. The van der Waals surface area contributed by atoms with E-state index in [1.165, 1.54) is 12.5 Å². The monoisotopic (exact) mass is 350 g/mol. The molecule has 0 aliphatic carbocycles. The Bertz CT molecular complexity index is 769. The predicted octanol–water partition coefficient (Wildman–Crippen LogP) is 0.725. The number of rotatable bonds is 6. The van der Waals surface area contributed by atoms with Crippen LogP contribution in [0.3, 0.4) is 0 Å². The van der Waals surface area contributed by atoms with Gasteiger partial charge in [-0.05, 0) is 19.4 Å². The van der Waals surface area contributed by atoms with Crippen LogP contribution in [-0.2, 0) is 16.3 Å². The number of imidazole rings is 1. The Kier molecular flexibility index (Phi) is 5.10. The van der Waals surface area contributed by atoms with E-state index in [1.54, 1.807) is 12.5 Å². The third-order valence-electron chi connectivity index (χ3n) is 4.10. The molecule has 2 aromatic heterocycles. The molecule has 9 heteroatoms. The van der Waals surface area contributed by atoms with Gasteiger partial charge in [0.1, 0.15) is 4.90 Å². The highest BCUT2D eigenvalue weighted by Gasteiger charge is 2.25. The van der Waals surface area contributed by atoms with E-state index in [-0.39, 0.29) is 10.8 Å². The fourth-order valence-electron chi connectivity index (χ4n) is 2.86. The topological polar surface area (TPSA) is 113 Å². The molecule has 0 radical (unpaired) electrons. The van der Waals surface area contributed by atoms with Crippen molar-refractivity contribution in [3.63, 3.8) is 0 Å². The molecule has 3 rings (SSSR count). The van der Waals surface area contributed by atoms with E-state index in [1.807, 2.05) is 0 Å². The molecule has 0 unspecified atom stereocenters. The first-order valence-corrected chi connectivity index (χ1v) is 9.92. The molecule has 0 bridgehead atoms. The second-order valence-electron chi connectivity index (χ2n) is 6.01. The molecule has 2 aromatic rings. The SMILES string of the molecule is CS(=O)(=O)c1cnc(NCCc2cnc[nH]2)nc1[C@@H]1CCCNC1. The van der Waals surface area contributed by atoms with E-state index in [2.05, 4.69) is 30.6 Å². The molecule has 1 aliphatic rings. The predicted molar refractivity (Wildman–Crippen MR) is 90.8 cm³/mol. The van der Waals surface area contributed by atoms with Crippen molar-refractivity contribution < 1.29 is 8.42 Å². The Hall–Kier alpha value is -2.00. The number of aromatic amines is 1. The van der Waals surface area contributed by atoms with Crippen LogP contribution in [0.15, 0.2) is 23.6 Å². The van der Waals surface area contributed by atoms with Gasteiger partial charge in [0.2, 0.25) is 5.95 Å². The second-order valence-corrected chi connectivity index (χ2v) is 8.00. The molecule has 1 fully saturated rings. The Balaban J connectivity index is 1.78. The molecule has 1 aliphatic heterocycles. The Labute approximate surface area is 141 Å². The summed E-state index contributed by atoms with van der Waals surface area (Å²) >= 11 is 0. The van der Waals surface area contributed by atoms with Crippen molar-refractivity contribution in [1.29, 1.82) is 0 Å². The van der Waals surface area contributed by atoms with Gasteiger partial charge in [-0.2, -0.15) is 0 Å². The van der Waals surface area contributed by atoms with E-state index >= 15 is 0 Å². The van der Waals surface area contributed by atoms with Crippen LogP contribution in [0, 0.1) is 0 Å². The number of hydrogen-bond acceptors (Lipinski definition) is 7. The van der Waals surface area contributed by atoms with Crippen molar-refractivity contribution in [2.45, 2.75) is 30.1 Å². The van der Waals surface area contributed by atoms with E-state index in [0.717, 1.165) is 38.0 Å². The van der Waals surface area contributed by atoms with Crippen LogP contribution < -0.4 is 10.6 Å². The normalized spacial score (nSPS) is 18.5. The molecule has 130 valence electrons. The lowest BCUT2D eigenvalue weighted by Gasteiger charge is -2.24. The Morgan fingerprint density at radius 3 is 2.92 bits per heavy atom. The minimum absolute atomic E-state index is 0.0969. The zero-order valence-corrected chi connectivity index (χ0v) is 14.4. The highest BCUT2D eigenvalue weighted by Crippen LogP contribution is 2.27. The van der Waals surface area contributed by atoms with Gasteiger partial charge in [-0.25, -0.2) is 23.4 Å². The van der Waals surface area contributed by atoms with Crippen LogP contribution in [0.5, 0.6) is 0 Å². The van der Waals surface area contributed by atoms with Crippen LogP contribution in [-0.4, -0.2) is 54.2 Å². The maximum atomic E-state index is 12.0. The number of hydrogen-bond donors (Lipinski definition) is 3. The molecule has 0 aromatic carbocycles. The van der Waals surface area contributed by atoms with Crippen LogP contribution in [0.1, 0.15) is 30.1 Å². The Morgan fingerprint density at radius 2 is 2.25 bits per heavy atom. The number of piperidine rings is 1. The number of anilines is 1. The van der Waals surface area contributed by atoms with E-state index < -0.39 is 9.84 Å². The van der Waals surface area contributed by atoms with E-state index in [9.17, 15) is 8.42 Å². The third kappa shape index (κ3) is 4.09. The lowest BCUT2D eigenvalue weighted by Crippen LogP contribution is -2.30. The molecule has 0 spiro atoms. The third-order valence-corrected chi connectivity index (χ3v) is 5.21. The zero-order valence-electron chi connectivity index (χ0n) is 13.6. The molecule has 3 heterocycles. The van der Waals surface area contributed by atoms with Crippen molar-refractivity contribution in [1.82, 2.24) is 25.3 Å². The standard InChI is InChI=1S/C15H22N6O2S/c1-24(22,23)13-9-19-15(18-6-4-12-8-17-10-20-12)21-14(13)11-3-2-5-16-7-11/h8-11,16H,2-7H2,1H3,(H,17,20)(H,18,19,21)/t11-/m1/s1. The first-order valence-electron chi connectivity index (χ1n) is 8.03. The van der Waals surface area contributed by atoms with Crippen molar-refractivity contribution in [2.75, 3.05) is 31.2 Å². The molecule has 24 heavy (non-hydrogen) atoms. The molecule has 1 atom stereocenters. The number of nitrogens with zero attached hydrogens (tertiary/aromatic N) is 3. The fourth-order valence-corrected chi connectivity index (χ4v) is 3.70. The molecule has 3 N–H and O–H groups in total. The number of sulfone groups is 1. The van der Waals surface area contributed by atoms with Crippen LogP contribution in [0.25, 0.3) is 0 Å². The lowest BCUT2D eigenvalue weighted by molar-refractivity contribution is 0.448. The average Bonchev–Trinajstić information content (AvgIpc) is 3.08. The molecular weight excluding hydrogens is 328 g/mol. The van der Waals surface area contributed by atoms with Gasteiger partial charge in [0.15, 0.2) is 9.84 Å². The van der Waals surface area contributed by atoms with Gasteiger partial charge in [0.25, 0.3) is 0 Å². The first kappa shape index (κ1) is 16.8. The van der Waals surface area contributed by atoms with Crippen LogP contribution >= 0.6 is 0 Å². The number of aromatic nitrogens is 4. The number of H-pyrrole nitrogens is 1. The summed E-state index contributed by atoms with van der Waals surface area (Å²) in [5.74, 6) is 0.558. The quantitative estimate of drug-likeness (QED) is 0.704. The van der Waals surface area contributed by atoms with Crippen LogP contribution in [0.2, 0.25) is 0 Å². The van der Waals surface area contributed by atoms with Gasteiger partial charge in [-0.15, -0.1) is 0 Å². The molecule has 0 amide bonds. The van der Waals surface area contributed by atoms with Gasteiger partial charge in [-0.3, -0.25) is 0 Å². The summed E-state index contributed by atoms with van der Waals surface area (Å²) in [5.41, 5.74) is 1.63. The van der Waals surface area contributed by atoms with Crippen molar-refractivity contribution >= 4 is 15.8 Å². The fraction of sp³-hybridized carbons (Fsp3) is 0.533.